The van der Waals surface area contributed by atoms with Gasteiger partial charge < -0.3 is 10.6 Å². The quantitative estimate of drug-likeness (QED) is 0.726. The molecule has 0 atom stereocenters. The molecule has 0 fully saturated rings. The molecule has 21 heavy (non-hydrogen) atoms. The first-order chi connectivity index (χ1) is 10.3. The maximum Gasteiger partial charge on any atom is 0.241 e. The van der Waals surface area contributed by atoms with Crippen LogP contribution in [0.4, 0.5) is 11.9 Å². The van der Waals surface area contributed by atoms with Crippen LogP contribution in [-0.4, -0.2) is 31.0 Å². The number of hydrogen-bond acceptors (Lipinski definition) is 7. The molecular weight excluding hydrogens is 286 g/mol. The number of nitrogens with one attached hydrogen (secondary N) is 2. The van der Waals surface area contributed by atoms with Gasteiger partial charge in [-0.05, 0) is 18.4 Å². The summed E-state index contributed by atoms with van der Waals surface area (Å²) in [6.07, 6.45) is 5.15. The van der Waals surface area contributed by atoms with Crippen LogP contribution in [0.2, 0.25) is 0 Å². The molecule has 0 radical (unpaired) electrons. The third-order valence-electron chi connectivity index (χ3n) is 2.69. The molecule has 0 aromatic carbocycles. The molecule has 0 saturated carbocycles. The first-order valence-corrected chi connectivity index (χ1v) is 7.47. The zero-order valence-electron chi connectivity index (χ0n) is 11.5. The number of imidazole rings is 1. The molecule has 3 heterocycles. The molecular formula is C13H15N7S. The number of thiophene rings is 1. The van der Waals surface area contributed by atoms with Crippen LogP contribution in [0.1, 0.15) is 11.8 Å². The highest BCUT2D eigenvalue weighted by Crippen LogP contribution is 2.13. The van der Waals surface area contributed by atoms with Crippen molar-refractivity contribution in [1.82, 2.24) is 24.5 Å². The van der Waals surface area contributed by atoms with Crippen LogP contribution < -0.4 is 10.6 Å². The van der Waals surface area contributed by atoms with Crippen molar-refractivity contribution in [1.29, 1.82) is 0 Å². The Morgan fingerprint density at radius 1 is 1.19 bits per heavy atom. The molecule has 0 saturated heterocycles. The highest BCUT2D eigenvalue weighted by molar-refractivity contribution is 7.09. The molecule has 0 unspecified atom stereocenters. The van der Waals surface area contributed by atoms with E-state index in [1.165, 1.54) is 4.88 Å². The van der Waals surface area contributed by atoms with Crippen LogP contribution in [0.5, 0.6) is 0 Å². The Kier molecular flexibility index (Phi) is 4.06. The maximum atomic E-state index is 4.41. The lowest BCUT2D eigenvalue weighted by Crippen LogP contribution is -2.11. The monoisotopic (exact) mass is 301 g/mol. The number of nitrogens with zero attached hydrogens (tertiary/aromatic N) is 5. The first kappa shape index (κ1) is 13.5. The summed E-state index contributed by atoms with van der Waals surface area (Å²) in [4.78, 5) is 18.4. The average Bonchev–Trinajstić information content (AvgIpc) is 3.19. The van der Waals surface area contributed by atoms with Gasteiger partial charge in [-0.2, -0.15) is 15.0 Å². The van der Waals surface area contributed by atoms with Crippen LogP contribution in [0.3, 0.4) is 0 Å². The Morgan fingerprint density at radius 3 is 2.71 bits per heavy atom. The van der Waals surface area contributed by atoms with Crippen molar-refractivity contribution in [2.75, 3.05) is 17.2 Å². The van der Waals surface area contributed by atoms with Crippen LogP contribution in [0.15, 0.2) is 36.2 Å². The number of hydrogen-bond donors (Lipinski definition) is 2. The molecule has 0 spiro atoms. The van der Waals surface area contributed by atoms with Crippen molar-refractivity contribution < 1.29 is 0 Å². The summed E-state index contributed by atoms with van der Waals surface area (Å²) in [5.41, 5.74) is 0. The lowest BCUT2D eigenvalue weighted by atomic mass is 10.5. The minimum atomic E-state index is 0.534. The molecule has 3 aromatic heterocycles. The fourth-order valence-corrected chi connectivity index (χ4v) is 2.40. The largest absolute Gasteiger partial charge is 0.354 e. The molecule has 0 aliphatic heterocycles. The third-order valence-corrected chi connectivity index (χ3v) is 3.57. The zero-order chi connectivity index (χ0) is 14.5. The van der Waals surface area contributed by atoms with E-state index >= 15 is 0 Å². The highest BCUT2D eigenvalue weighted by Gasteiger charge is 2.07. The standard InChI is InChI=1S/C13H15N7S/c1-2-15-11-17-12(16-8-10-4-3-7-21-10)19-13(18-11)20-6-5-14-9-20/h3-7,9H,2,8H2,1H3,(H2,15,16,17,18,19). The van der Waals surface area contributed by atoms with Crippen LogP contribution in [0, 0.1) is 0 Å². The van der Waals surface area contributed by atoms with E-state index in [1.807, 2.05) is 18.4 Å². The van der Waals surface area contributed by atoms with Gasteiger partial charge >= 0.3 is 0 Å². The van der Waals surface area contributed by atoms with Gasteiger partial charge in [-0.25, -0.2) is 4.98 Å². The zero-order valence-corrected chi connectivity index (χ0v) is 12.3. The normalized spacial score (nSPS) is 10.5. The Morgan fingerprint density at radius 2 is 2.05 bits per heavy atom. The number of rotatable bonds is 6. The van der Waals surface area contributed by atoms with Crippen LogP contribution in [-0.2, 0) is 6.54 Å². The van der Waals surface area contributed by atoms with E-state index < -0.39 is 0 Å². The summed E-state index contributed by atoms with van der Waals surface area (Å²) in [5, 5.41) is 8.38. The van der Waals surface area contributed by atoms with Gasteiger partial charge in [-0.1, -0.05) is 6.07 Å². The smallest absolute Gasteiger partial charge is 0.241 e. The fraction of sp³-hybridized carbons (Fsp3) is 0.231. The second-order valence-electron chi connectivity index (χ2n) is 4.22. The summed E-state index contributed by atoms with van der Waals surface area (Å²) < 4.78 is 1.75. The molecule has 0 aliphatic rings. The lowest BCUT2D eigenvalue weighted by Gasteiger charge is -2.09. The summed E-state index contributed by atoms with van der Waals surface area (Å²) in [6.45, 7) is 3.44. The molecule has 108 valence electrons. The summed E-state index contributed by atoms with van der Waals surface area (Å²) in [5.74, 6) is 1.62. The van der Waals surface area contributed by atoms with Gasteiger partial charge in [-0.3, -0.25) is 4.57 Å². The molecule has 0 amide bonds. The summed E-state index contributed by atoms with van der Waals surface area (Å²) in [7, 11) is 0. The van der Waals surface area contributed by atoms with E-state index in [1.54, 1.807) is 34.6 Å². The van der Waals surface area contributed by atoms with Gasteiger partial charge in [0.1, 0.15) is 6.33 Å². The third kappa shape index (κ3) is 3.34. The van der Waals surface area contributed by atoms with E-state index in [0.717, 1.165) is 6.54 Å². The average molecular weight is 301 g/mol. The molecule has 2 N–H and O–H groups in total. The van der Waals surface area contributed by atoms with Gasteiger partial charge in [0, 0.05) is 23.8 Å². The van der Waals surface area contributed by atoms with Crippen molar-refractivity contribution in [2.45, 2.75) is 13.5 Å². The maximum absolute atomic E-state index is 4.41. The van der Waals surface area contributed by atoms with Crippen LogP contribution in [0.25, 0.3) is 5.95 Å². The van der Waals surface area contributed by atoms with E-state index in [-0.39, 0.29) is 0 Å². The minimum Gasteiger partial charge on any atom is -0.354 e. The van der Waals surface area contributed by atoms with Crippen molar-refractivity contribution in [3.05, 3.63) is 41.1 Å². The van der Waals surface area contributed by atoms with Gasteiger partial charge in [0.05, 0.1) is 6.54 Å². The second-order valence-corrected chi connectivity index (χ2v) is 5.25. The minimum absolute atomic E-state index is 0.534. The van der Waals surface area contributed by atoms with Gasteiger partial charge in [-0.15, -0.1) is 11.3 Å². The van der Waals surface area contributed by atoms with Crippen molar-refractivity contribution in [3.8, 4) is 5.95 Å². The summed E-state index contributed by atoms with van der Waals surface area (Å²) >= 11 is 1.69. The topological polar surface area (TPSA) is 80.5 Å². The molecule has 3 aromatic rings. The predicted octanol–water partition coefficient (Wildman–Crippen LogP) is 2.16. The van der Waals surface area contributed by atoms with Gasteiger partial charge in [0.25, 0.3) is 0 Å². The molecule has 8 heteroatoms. The summed E-state index contributed by atoms with van der Waals surface area (Å²) in [6, 6.07) is 4.09. The van der Waals surface area contributed by atoms with E-state index in [0.29, 0.717) is 24.4 Å². The van der Waals surface area contributed by atoms with E-state index in [2.05, 4.69) is 36.6 Å². The number of aromatic nitrogens is 5. The molecule has 0 aliphatic carbocycles. The van der Waals surface area contributed by atoms with Crippen molar-refractivity contribution >= 4 is 23.2 Å². The molecule has 3 rings (SSSR count). The molecule has 7 nitrogen and oxygen atoms in total. The van der Waals surface area contributed by atoms with E-state index in [9.17, 15) is 0 Å². The lowest BCUT2D eigenvalue weighted by molar-refractivity contribution is 0.887. The van der Waals surface area contributed by atoms with Gasteiger partial charge in [0.15, 0.2) is 0 Å². The highest BCUT2D eigenvalue weighted by atomic mass is 32.1. The number of anilines is 2. The van der Waals surface area contributed by atoms with Crippen LogP contribution >= 0.6 is 11.3 Å². The fourth-order valence-electron chi connectivity index (χ4n) is 1.75. The first-order valence-electron chi connectivity index (χ1n) is 6.59. The van der Waals surface area contributed by atoms with Crippen molar-refractivity contribution in [3.63, 3.8) is 0 Å². The Bertz CT molecular complexity index is 679. The van der Waals surface area contributed by atoms with Gasteiger partial charge in [0.2, 0.25) is 17.8 Å². The SMILES string of the molecule is CCNc1nc(NCc2cccs2)nc(-n2ccnc2)n1. The Labute approximate surface area is 126 Å². The second kappa shape index (κ2) is 6.31. The molecule has 0 bridgehead atoms. The van der Waals surface area contributed by atoms with Crippen molar-refractivity contribution in [2.24, 2.45) is 0 Å². The Hall–Kier alpha value is -2.48. The van der Waals surface area contributed by atoms with E-state index in [4.69, 9.17) is 0 Å². The Balaban J connectivity index is 1.84. The predicted molar refractivity (Wildman–Crippen MR) is 82.8 cm³/mol.